The standard InChI is InChI=1S/C25H34N6O2/c1-16(2)19-10-12-31(13-11-19)23-9-8-21(17(3)28-23)29-20-6-4-18(5-7-20)14-26-24(32)22-15-27-25(33)30-22/h4-9,16,19,22,29H,10-15H2,1-3H3,(H,26,32)(H2,27,30,33). The van der Waals surface area contributed by atoms with Crippen molar-refractivity contribution < 1.29 is 9.59 Å². The van der Waals surface area contributed by atoms with Gasteiger partial charge in [0.1, 0.15) is 11.9 Å². The van der Waals surface area contributed by atoms with Gasteiger partial charge in [-0.2, -0.15) is 0 Å². The Balaban J connectivity index is 1.30. The van der Waals surface area contributed by atoms with Gasteiger partial charge in [0.2, 0.25) is 5.91 Å². The van der Waals surface area contributed by atoms with Crippen LogP contribution in [0, 0.1) is 18.8 Å². The molecule has 4 rings (SSSR count). The molecule has 3 amide bonds. The van der Waals surface area contributed by atoms with Gasteiger partial charge >= 0.3 is 6.03 Å². The summed E-state index contributed by atoms with van der Waals surface area (Å²) in [5.74, 6) is 2.44. The van der Waals surface area contributed by atoms with Crippen LogP contribution in [-0.2, 0) is 11.3 Å². The molecule has 2 aliphatic rings. The number of urea groups is 1. The number of carbonyl (C=O) groups is 2. The number of hydrogen-bond acceptors (Lipinski definition) is 5. The van der Waals surface area contributed by atoms with Gasteiger partial charge < -0.3 is 26.2 Å². The number of nitrogens with one attached hydrogen (secondary N) is 4. The lowest BCUT2D eigenvalue weighted by Crippen LogP contribution is -2.42. The van der Waals surface area contributed by atoms with E-state index in [0.717, 1.165) is 53.4 Å². The molecule has 1 aromatic carbocycles. The fourth-order valence-corrected chi connectivity index (χ4v) is 4.44. The maximum absolute atomic E-state index is 12.1. The number of piperidine rings is 1. The molecule has 1 aromatic heterocycles. The number of aryl methyl sites for hydroxylation is 1. The van der Waals surface area contributed by atoms with Gasteiger partial charge in [0.25, 0.3) is 0 Å². The number of aromatic nitrogens is 1. The second-order valence-electron chi connectivity index (χ2n) is 9.32. The predicted molar refractivity (Wildman–Crippen MR) is 131 cm³/mol. The first-order chi connectivity index (χ1) is 15.9. The fourth-order valence-electron chi connectivity index (χ4n) is 4.44. The lowest BCUT2D eigenvalue weighted by molar-refractivity contribution is -0.122. The van der Waals surface area contributed by atoms with Gasteiger partial charge in [-0.1, -0.05) is 26.0 Å². The minimum Gasteiger partial charge on any atom is -0.357 e. The molecule has 8 nitrogen and oxygen atoms in total. The minimum absolute atomic E-state index is 0.189. The fraction of sp³-hybridized carbons (Fsp3) is 0.480. The van der Waals surface area contributed by atoms with E-state index in [4.69, 9.17) is 4.98 Å². The van der Waals surface area contributed by atoms with E-state index in [-0.39, 0.29) is 11.9 Å². The van der Waals surface area contributed by atoms with E-state index in [1.165, 1.54) is 12.8 Å². The molecule has 4 N–H and O–H groups in total. The van der Waals surface area contributed by atoms with E-state index in [1.807, 2.05) is 31.2 Å². The number of benzene rings is 1. The zero-order valence-corrected chi connectivity index (χ0v) is 19.6. The van der Waals surface area contributed by atoms with Gasteiger partial charge in [0.15, 0.2) is 0 Å². The molecule has 2 aliphatic heterocycles. The maximum atomic E-state index is 12.1. The van der Waals surface area contributed by atoms with Crippen molar-refractivity contribution in [3.05, 3.63) is 47.7 Å². The van der Waals surface area contributed by atoms with Crippen molar-refractivity contribution in [2.45, 2.75) is 46.2 Å². The molecule has 33 heavy (non-hydrogen) atoms. The summed E-state index contributed by atoms with van der Waals surface area (Å²) in [7, 11) is 0. The van der Waals surface area contributed by atoms with Gasteiger partial charge in [-0.25, -0.2) is 9.78 Å². The Morgan fingerprint density at radius 1 is 1.15 bits per heavy atom. The van der Waals surface area contributed by atoms with Crippen molar-refractivity contribution in [3.63, 3.8) is 0 Å². The minimum atomic E-state index is -0.515. The SMILES string of the molecule is Cc1nc(N2CCC(C(C)C)CC2)ccc1Nc1ccc(CNC(=O)C2CNC(=O)N2)cc1. The van der Waals surface area contributed by atoms with Gasteiger partial charge in [-0.05, 0) is 61.4 Å². The second kappa shape index (κ2) is 10.1. The Morgan fingerprint density at radius 3 is 2.48 bits per heavy atom. The van der Waals surface area contributed by atoms with Crippen molar-refractivity contribution in [1.82, 2.24) is 20.9 Å². The third-order valence-corrected chi connectivity index (χ3v) is 6.67. The Bertz CT molecular complexity index is 983. The normalized spacial score (nSPS) is 18.7. The molecule has 2 fully saturated rings. The Morgan fingerprint density at radius 2 is 1.88 bits per heavy atom. The lowest BCUT2D eigenvalue weighted by Gasteiger charge is -2.34. The van der Waals surface area contributed by atoms with Crippen molar-refractivity contribution in [3.8, 4) is 0 Å². The summed E-state index contributed by atoms with van der Waals surface area (Å²) in [5, 5.41) is 11.5. The smallest absolute Gasteiger partial charge is 0.315 e. The van der Waals surface area contributed by atoms with E-state index < -0.39 is 6.04 Å². The molecule has 0 bridgehead atoms. The molecule has 1 atom stereocenters. The van der Waals surface area contributed by atoms with Crippen LogP contribution in [0.2, 0.25) is 0 Å². The summed E-state index contributed by atoms with van der Waals surface area (Å²) in [5.41, 5.74) is 3.91. The summed E-state index contributed by atoms with van der Waals surface area (Å²) in [4.78, 5) is 30.5. The van der Waals surface area contributed by atoms with Crippen molar-refractivity contribution in [2.75, 3.05) is 29.9 Å². The summed E-state index contributed by atoms with van der Waals surface area (Å²) < 4.78 is 0. The molecule has 1 unspecified atom stereocenters. The molecular formula is C25H34N6O2. The molecule has 8 heteroatoms. The van der Waals surface area contributed by atoms with Crippen LogP contribution in [0.15, 0.2) is 36.4 Å². The molecule has 0 spiro atoms. The highest BCUT2D eigenvalue weighted by Crippen LogP contribution is 2.29. The third-order valence-electron chi connectivity index (χ3n) is 6.67. The first-order valence-electron chi connectivity index (χ1n) is 11.8. The van der Waals surface area contributed by atoms with Crippen LogP contribution in [0.25, 0.3) is 0 Å². The number of nitrogens with zero attached hydrogens (tertiary/aromatic N) is 2. The average Bonchev–Trinajstić information content (AvgIpc) is 3.26. The monoisotopic (exact) mass is 450 g/mol. The summed E-state index contributed by atoms with van der Waals surface area (Å²) >= 11 is 0. The zero-order valence-electron chi connectivity index (χ0n) is 19.6. The highest BCUT2D eigenvalue weighted by atomic mass is 16.2. The highest BCUT2D eigenvalue weighted by molar-refractivity contribution is 5.90. The molecule has 3 heterocycles. The number of pyridine rings is 1. The Hall–Kier alpha value is -3.29. The molecule has 2 aromatic rings. The van der Waals surface area contributed by atoms with Crippen LogP contribution in [0.5, 0.6) is 0 Å². The molecule has 2 saturated heterocycles. The summed E-state index contributed by atoms with van der Waals surface area (Å²) in [6.45, 7) is 9.55. The quantitative estimate of drug-likeness (QED) is 0.519. The average molecular weight is 451 g/mol. The van der Waals surface area contributed by atoms with Crippen molar-refractivity contribution in [1.29, 1.82) is 0 Å². The van der Waals surface area contributed by atoms with Gasteiger partial charge in [-0.15, -0.1) is 0 Å². The largest absolute Gasteiger partial charge is 0.357 e. The van der Waals surface area contributed by atoms with Crippen LogP contribution in [-0.4, -0.2) is 42.6 Å². The maximum Gasteiger partial charge on any atom is 0.315 e. The Kier molecular flexibility index (Phi) is 7.01. The molecule has 0 saturated carbocycles. The molecule has 0 aliphatic carbocycles. The topological polar surface area (TPSA) is 98.4 Å². The predicted octanol–water partition coefficient (Wildman–Crippen LogP) is 3.30. The lowest BCUT2D eigenvalue weighted by atomic mass is 9.87. The van der Waals surface area contributed by atoms with Crippen LogP contribution < -0.4 is 26.2 Å². The van der Waals surface area contributed by atoms with Crippen molar-refractivity contribution >= 4 is 29.1 Å². The highest BCUT2D eigenvalue weighted by Gasteiger charge is 2.26. The zero-order chi connectivity index (χ0) is 23.4. The number of rotatable bonds is 7. The first-order valence-corrected chi connectivity index (χ1v) is 11.8. The van der Waals surface area contributed by atoms with Crippen LogP contribution >= 0.6 is 0 Å². The Labute approximate surface area is 195 Å². The third kappa shape index (κ3) is 5.74. The number of carbonyl (C=O) groups excluding carboxylic acids is 2. The van der Waals surface area contributed by atoms with E-state index in [1.54, 1.807) is 0 Å². The van der Waals surface area contributed by atoms with E-state index in [2.05, 4.69) is 52.1 Å². The van der Waals surface area contributed by atoms with E-state index >= 15 is 0 Å². The molecule has 0 radical (unpaired) electrons. The van der Waals surface area contributed by atoms with Crippen LogP contribution in [0.1, 0.15) is 37.9 Å². The van der Waals surface area contributed by atoms with Gasteiger partial charge in [0, 0.05) is 31.9 Å². The summed E-state index contributed by atoms with van der Waals surface area (Å²) in [6.07, 6.45) is 2.47. The number of amides is 3. The van der Waals surface area contributed by atoms with Gasteiger partial charge in [-0.3, -0.25) is 4.79 Å². The molecule has 176 valence electrons. The summed E-state index contributed by atoms with van der Waals surface area (Å²) in [6, 6.07) is 11.3. The number of hydrogen-bond donors (Lipinski definition) is 4. The van der Waals surface area contributed by atoms with Crippen LogP contribution in [0.4, 0.5) is 22.0 Å². The van der Waals surface area contributed by atoms with Crippen molar-refractivity contribution in [2.24, 2.45) is 11.8 Å². The van der Waals surface area contributed by atoms with Gasteiger partial charge in [0.05, 0.1) is 11.4 Å². The number of anilines is 3. The van der Waals surface area contributed by atoms with Crippen LogP contribution in [0.3, 0.4) is 0 Å². The second-order valence-corrected chi connectivity index (χ2v) is 9.32. The molecular weight excluding hydrogens is 416 g/mol. The van der Waals surface area contributed by atoms with E-state index in [9.17, 15) is 9.59 Å². The first kappa shape index (κ1) is 22.9. The van der Waals surface area contributed by atoms with E-state index in [0.29, 0.717) is 13.1 Å².